The van der Waals surface area contributed by atoms with Gasteiger partial charge >= 0.3 is 0 Å². The van der Waals surface area contributed by atoms with Crippen LogP contribution in [0.25, 0.3) is 10.9 Å². The van der Waals surface area contributed by atoms with Crippen LogP contribution in [0.2, 0.25) is 0 Å². The molecule has 0 amide bonds. The van der Waals surface area contributed by atoms with Crippen LogP contribution in [-0.2, 0) is 17.3 Å². The van der Waals surface area contributed by atoms with E-state index in [1.165, 1.54) is 18.2 Å². The Labute approximate surface area is 251 Å². The molecule has 0 radical (unpaired) electrons. The van der Waals surface area contributed by atoms with Crippen molar-refractivity contribution >= 4 is 10.9 Å². The third-order valence-corrected chi connectivity index (χ3v) is 7.30. The smallest absolute Gasteiger partial charge is 0.296 e. The molecule has 2 N–H and O–H groups in total. The molecule has 4 aromatic rings. The minimum atomic E-state index is -3.00. The van der Waals surface area contributed by atoms with E-state index in [9.17, 15) is 18.7 Å². The number of H-pyrrole nitrogens is 1. The molecule has 0 saturated heterocycles. The summed E-state index contributed by atoms with van der Waals surface area (Å²) in [5.74, 6) is -2.45. The number of aromatic amines is 1. The Morgan fingerprint density at radius 1 is 0.930 bits per heavy atom. The maximum atomic E-state index is 14.2. The average Bonchev–Trinajstić information content (AvgIpc) is 3.02. The fourth-order valence-electron chi connectivity index (χ4n) is 5.04. The number of aliphatic hydroxyl groups is 1. The fourth-order valence-corrected chi connectivity index (χ4v) is 5.04. The van der Waals surface area contributed by atoms with Crippen LogP contribution >= 0.6 is 0 Å². The number of hydrogen-bond acceptors (Lipinski definition) is 5. The van der Waals surface area contributed by atoms with E-state index in [4.69, 9.17) is 9.47 Å². The van der Waals surface area contributed by atoms with Crippen molar-refractivity contribution in [2.45, 2.75) is 44.3 Å². The second-order valence-corrected chi connectivity index (χ2v) is 10.6. The largest absolute Gasteiger partial charge is 0.487 e. The summed E-state index contributed by atoms with van der Waals surface area (Å²) in [4.78, 5) is 17.2. The first kappa shape index (κ1) is 32.1. The molecule has 4 rings (SSSR count). The summed E-state index contributed by atoms with van der Waals surface area (Å²) in [7, 11) is 0. The number of nitrogens with zero attached hydrogens (tertiary/aromatic N) is 1. The van der Waals surface area contributed by atoms with Crippen molar-refractivity contribution in [3.05, 3.63) is 125 Å². The van der Waals surface area contributed by atoms with Gasteiger partial charge < -0.3 is 19.6 Å². The van der Waals surface area contributed by atoms with Crippen molar-refractivity contribution in [2.24, 2.45) is 0 Å². The number of fused-ring (bicyclic) bond motifs is 1. The maximum Gasteiger partial charge on any atom is 0.296 e. The van der Waals surface area contributed by atoms with Crippen molar-refractivity contribution < 1.29 is 23.4 Å². The molecule has 0 aliphatic carbocycles. The number of unbranched alkanes of at least 4 members (excludes halogenated alkanes) is 3. The minimum Gasteiger partial charge on any atom is -0.487 e. The Bertz CT molecular complexity index is 1480. The number of hydrogen-bond donors (Lipinski definition) is 2. The monoisotopic (exact) mass is 590 g/mol. The topological polar surface area (TPSA) is 74.8 Å². The SMILES string of the molecule is C=CCN(CCCCCCOCC(F)(F)c1ccccc1)C[C@H](O)c1ccc(OCc2ccccc2)c2[nH]c(=O)ccc12. The van der Waals surface area contributed by atoms with Gasteiger partial charge in [0.15, 0.2) is 0 Å². The molecule has 0 bridgehead atoms. The lowest BCUT2D eigenvalue weighted by molar-refractivity contribution is -0.0831. The zero-order chi connectivity index (χ0) is 30.5. The number of nitrogens with one attached hydrogen (secondary N) is 1. The van der Waals surface area contributed by atoms with Crippen LogP contribution in [0.4, 0.5) is 8.78 Å². The van der Waals surface area contributed by atoms with Gasteiger partial charge in [0.2, 0.25) is 5.56 Å². The van der Waals surface area contributed by atoms with Crippen LogP contribution in [0.1, 0.15) is 48.5 Å². The van der Waals surface area contributed by atoms with E-state index in [1.807, 2.05) is 42.5 Å². The molecular formula is C35H40F2N2O4. The molecule has 1 atom stereocenters. The number of rotatable bonds is 18. The van der Waals surface area contributed by atoms with Gasteiger partial charge in [-0.15, -0.1) is 6.58 Å². The normalized spacial score (nSPS) is 12.5. The van der Waals surface area contributed by atoms with Gasteiger partial charge in [0.25, 0.3) is 5.92 Å². The third-order valence-electron chi connectivity index (χ3n) is 7.30. The minimum absolute atomic E-state index is 0.0342. The van der Waals surface area contributed by atoms with Crippen molar-refractivity contribution in [1.82, 2.24) is 9.88 Å². The van der Waals surface area contributed by atoms with Gasteiger partial charge in [-0.2, -0.15) is 8.78 Å². The van der Waals surface area contributed by atoms with E-state index in [0.717, 1.165) is 36.8 Å². The summed E-state index contributed by atoms with van der Waals surface area (Å²) < 4.78 is 39.7. The molecular weight excluding hydrogens is 550 g/mol. The highest BCUT2D eigenvalue weighted by molar-refractivity contribution is 5.87. The van der Waals surface area contributed by atoms with E-state index in [-0.39, 0.29) is 17.7 Å². The fraction of sp³-hybridized carbons (Fsp3) is 0.343. The number of aliphatic hydroxyl groups excluding tert-OH is 1. The number of benzene rings is 3. The van der Waals surface area contributed by atoms with Gasteiger partial charge in [-0.05, 0) is 42.6 Å². The standard InChI is InChI=1S/C35H40F2N2O4/c1-2-21-39(22-11-3-4-12-23-42-26-35(36,37)28-15-9-6-10-16-28)24-31(40)29-17-19-32(34-30(29)18-20-33(41)38-34)43-25-27-13-7-5-8-14-27/h2,5-10,13-20,31,40H,1,3-4,11-12,21-26H2,(H,38,41)/t31-/m0/s1. The number of pyridine rings is 1. The van der Waals surface area contributed by atoms with Crippen molar-refractivity contribution in [2.75, 3.05) is 32.8 Å². The lowest BCUT2D eigenvalue weighted by Gasteiger charge is -2.25. The molecule has 0 saturated carbocycles. The summed E-state index contributed by atoms with van der Waals surface area (Å²) >= 11 is 0. The van der Waals surface area contributed by atoms with Crippen molar-refractivity contribution in [1.29, 1.82) is 0 Å². The highest BCUT2D eigenvalue weighted by Crippen LogP contribution is 2.31. The second-order valence-electron chi connectivity index (χ2n) is 10.6. The summed E-state index contributed by atoms with van der Waals surface area (Å²) in [5, 5.41) is 12.0. The average molecular weight is 591 g/mol. The summed E-state index contributed by atoms with van der Waals surface area (Å²) in [5.41, 5.74) is 1.99. The zero-order valence-corrected chi connectivity index (χ0v) is 24.4. The molecule has 0 spiro atoms. The summed E-state index contributed by atoms with van der Waals surface area (Å²) in [6.45, 7) is 5.64. The maximum absolute atomic E-state index is 14.2. The van der Waals surface area contributed by atoms with Crippen molar-refractivity contribution in [3.8, 4) is 5.75 Å². The first-order chi connectivity index (χ1) is 20.9. The molecule has 3 aromatic carbocycles. The highest BCUT2D eigenvalue weighted by atomic mass is 19.3. The van der Waals surface area contributed by atoms with Gasteiger partial charge in [-0.1, -0.05) is 85.6 Å². The lowest BCUT2D eigenvalue weighted by atomic mass is 10.0. The molecule has 6 nitrogen and oxygen atoms in total. The molecule has 228 valence electrons. The van der Waals surface area contributed by atoms with Crippen LogP contribution in [-0.4, -0.2) is 47.8 Å². The molecule has 1 heterocycles. The third kappa shape index (κ3) is 9.58. The van der Waals surface area contributed by atoms with E-state index < -0.39 is 18.6 Å². The summed E-state index contributed by atoms with van der Waals surface area (Å²) in [6, 6.07) is 24.3. The van der Waals surface area contributed by atoms with Crippen LogP contribution in [0, 0.1) is 0 Å². The Balaban J connectivity index is 1.26. The first-order valence-electron chi connectivity index (χ1n) is 14.7. The zero-order valence-electron chi connectivity index (χ0n) is 24.4. The molecule has 43 heavy (non-hydrogen) atoms. The molecule has 8 heteroatoms. The Hall–Kier alpha value is -3.85. The summed E-state index contributed by atoms with van der Waals surface area (Å²) in [6.07, 6.45) is 4.39. The van der Waals surface area contributed by atoms with Crippen LogP contribution in [0.5, 0.6) is 5.75 Å². The van der Waals surface area contributed by atoms with E-state index in [1.54, 1.807) is 30.3 Å². The van der Waals surface area contributed by atoms with Crippen molar-refractivity contribution in [3.63, 3.8) is 0 Å². The number of ether oxygens (including phenoxy) is 2. The molecule has 1 aromatic heterocycles. The van der Waals surface area contributed by atoms with E-state index in [0.29, 0.717) is 42.9 Å². The quantitative estimate of drug-likeness (QED) is 0.0965. The van der Waals surface area contributed by atoms with Gasteiger partial charge in [0, 0.05) is 36.7 Å². The second kappa shape index (κ2) is 16.1. The number of alkyl halides is 2. The number of aromatic nitrogens is 1. The lowest BCUT2D eigenvalue weighted by Crippen LogP contribution is -2.30. The Morgan fingerprint density at radius 2 is 1.65 bits per heavy atom. The predicted molar refractivity (Wildman–Crippen MR) is 167 cm³/mol. The molecule has 0 aliphatic rings. The van der Waals surface area contributed by atoms with Gasteiger partial charge in [-0.25, -0.2) is 0 Å². The first-order valence-corrected chi connectivity index (χ1v) is 14.7. The van der Waals surface area contributed by atoms with Crippen LogP contribution in [0.15, 0.2) is 102 Å². The molecule has 0 unspecified atom stereocenters. The highest BCUT2D eigenvalue weighted by Gasteiger charge is 2.31. The Morgan fingerprint density at radius 3 is 2.40 bits per heavy atom. The van der Waals surface area contributed by atoms with Gasteiger partial charge in [0.05, 0.1) is 11.6 Å². The Kier molecular flexibility index (Phi) is 12.0. The molecule has 0 aliphatic heterocycles. The van der Waals surface area contributed by atoms with Crippen LogP contribution < -0.4 is 10.3 Å². The van der Waals surface area contributed by atoms with E-state index in [2.05, 4.69) is 16.5 Å². The van der Waals surface area contributed by atoms with Gasteiger partial charge in [-0.3, -0.25) is 9.69 Å². The van der Waals surface area contributed by atoms with Gasteiger partial charge in [0.1, 0.15) is 19.0 Å². The van der Waals surface area contributed by atoms with E-state index >= 15 is 0 Å². The van der Waals surface area contributed by atoms with Crippen LogP contribution in [0.3, 0.4) is 0 Å². The predicted octanol–water partition coefficient (Wildman–Crippen LogP) is 7.00. The molecule has 0 fully saturated rings. The number of halogens is 2.